The average Bonchev–Trinajstić information content (AvgIpc) is 2.30. The van der Waals surface area contributed by atoms with Gasteiger partial charge in [0.25, 0.3) is 0 Å². The molecule has 5 nitrogen and oxygen atoms in total. The predicted molar refractivity (Wildman–Crippen MR) is 65.8 cm³/mol. The Labute approximate surface area is 103 Å². The minimum atomic E-state index is -0.642. The number of methoxy groups -OCH3 is 1. The fourth-order valence-electron chi connectivity index (χ4n) is 2.10. The molecule has 0 aliphatic heterocycles. The van der Waals surface area contributed by atoms with Crippen LogP contribution in [0, 0.1) is 5.92 Å². The van der Waals surface area contributed by atoms with Gasteiger partial charge in [0.15, 0.2) is 0 Å². The third-order valence-corrected chi connectivity index (χ3v) is 3.21. The normalized spacial score (nSPS) is 26.3. The van der Waals surface area contributed by atoms with Crippen molar-refractivity contribution < 1.29 is 14.6 Å². The average molecular weight is 244 g/mol. The highest BCUT2D eigenvalue weighted by Crippen LogP contribution is 2.23. The Hall–Kier alpha value is -0.810. The molecule has 5 heteroatoms. The summed E-state index contributed by atoms with van der Waals surface area (Å²) in [7, 11) is 1.52. The van der Waals surface area contributed by atoms with Gasteiger partial charge in [0.2, 0.25) is 0 Å². The van der Waals surface area contributed by atoms with E-state index in [9.17, 15) is 9.90 Å². The van der Waals surface area contributed by atoms with Gasteiger partial charge in [-0.15, -0.1) is 0 Å². The Kier molecular flexibility index (Phi) is 6.29. The lowest BCUT2D eigenvalue weighted by Crippen LogP contribution is -2.46. The summed E-state index contributed by atoms with van der Waals surface area (Å²) in [5.74, 6) is 0.777. The third-order valence-electron chi connectivity index (χ3n) is 3.21. The van der Waals surface area contributed by atoms with E-state index in [-0.39, 0.29) is 25.2 Å². The van der Waals surface area contributed by atoms with Crippen LogP contribution in [0.25, 0.3) is 0 Å². The summed E-state index contributed by atoms with van der Waals surface area (Å²) in [5, 5.41) is 15.0. The first kappa shape index (κ1) is 14.3. The van der Waals surface area contributed by atoms with Gasteiger partial charge in [0.05, 0.1) is 12.7 Å². The van der Waals surface area contributed by atoms with Crippen LogP contribution in [-0.4, -0.2) is 43.5 Å². The van der Waals surface area contributed by atoms with Crippen molar-refractivity contribution in [3.8, 4) is 0 Å². The van der Waals surface area contributed by atoms with Crippen molar-refractivity contribution in [2.24, 2.45) is 5.92 Å². The minimum Gasteiger partial charge on any atom is -0.389 e. The predicted octanol–water partition coefficient (Wildman–Crippen LogP) is 0.872. The molecule has 1 fully saturated rings. The SMILES string of the molecule is COCC(O)CNC(=O)NC1CCC(C)CC1. The molecule has 0 aromatic rings. The molecular weight excluding hydrogens is 220 g/mol. The number of ether oxygens (including phenoxy) is 1. The fourth-order valence-corrected chi connectivity index (χ4v) is 2.10. The summed E-state index contributed by atoms with van der Waals surface area (Å²) in [6.07, 6.45) is 3.82. The summed E-state index contributed by atoms with van der Waals surface area (Å²) < 4.78 is 4.78. The molecule has 17 heavy (non-hydrogen) atoms. The molecule has 1 rings (SSSR count). The molecule has 0 heterocycles. The number of carbonyl (C=O) groups is 1. The topological polar surface area (TPSA) is 70.6 Å². The molecule has 1 unspecified atom stereocenters. The molecular formula is C12H24N2O3. The summed E-state index contributed by atoms with van der Waals surface area (Å²) in [6, 6.07) is 0.0884. The van der Waals surface area contributed by atoms with Crippen molar-refractivity contribution in [2.75, 3.05) is 20.3 Å². The van der Waals surface area contributed by atoms with Crippen molar-refractivity contribution in [3.63, 3.8) is 0 Å². The van der Waals surface area contributed by atoms with Crippen LogP contribution in [0.1, 0.15) is 32.6 Å². The molecule has 3 N–H and O–H groups in total. The van der Waals surface area contributed by atoms with E-state index in [2.05, 4.69) is 17.6 Å². The molecule has 1 aliphatic rings. The Morgan fingerprint density at radius 2 is 2.06 bits per heavy atom. The molecule has 1 saturated carbocycles. The first-order chi connectivity index (χ1) is 8.11. The van der Waals surface area contributed by atoms with E-state index in [1.165, 1.54) is 20.0 Å². The van der Waals surface area contributed by atoms with Crippen molar-refractivity contribution in [3.05, 3.63) is 0 Å². The molecule has 0 bridgehead atoms. The number of aliphatic hydroxyl groups excluding tert-OH is 1. The monoisotopic (exact) mass is 244 g/mol. The molecule has 0 aromatic heterocycles. The van der Waals surface area contributed by atoms with E-state index < -0.39 is 6.10 Å². The second-order valence-electron chi connectivity index (χ2n) is 4.92. The number of aliphatic hydroxyl groups is 1. The standard InChI is InChI=1S/C12H24N2O3/c1-9-3-5-10(6-4-9)14-12(16)13-7-11(15)8-17-2/h9-11,15H,3-8H2,1-2H3,(H2,13,14,16). The van der Waals surface area contributed by atoms with Crippen molar-refractivity contribution >= 4 is 6.03 Å². The van der Waals surface area contributed by atoms with Gasteiger partial charge in [-0.05, 0) is 31.6 Å². The van der Waals surface area contributed by atoms with Gasteiger partial charge in [-0.25, -0.2) is 4.79 Å². The van der Waals surface area contributed by atoms with Crippen LogP contribution in [0.15, 0.2) is 0 Å². The molecule has 0 aromatic carbocycles. The number of carbonyl (C=O) groups excluding carboxylic acids is 1. The lowest BCUT2D eigenvalue weighted by Gasteiger charge is -2.27. The van der Waals surface area contributed by atoms with Crippen LogP contribution in [0.5, 0.6) is 0 Å². The van der Waals surface area contributed by atoms with Crippen molar-refractivity contribution in [2.45, 2.75) is 44.8 Å². The Morgan fingerprint density at radius 3 is 2.65 bits per heavy atom. The number of amides is 2. The van der Waals surface area contributed by atoms with Gasteiger partial charge in [0.1, 0.15) is 0 Å². The summed E-state index contributed by atoms with van der Waals surface area (Å²) in [6.45, 7) is 2.71. The fraction of sp³-hybridized carbons (Fsp3) is 0.917. The molecule has 2 amide bonds. The van der Waals surface area contributed by atoms with Crippen LogP contribution in [0.2, 0.25) is 0 Å². The minimum absolute atomic E-state index is 0.195. The largest absolute Gasteiger partial charge is 0.389 e. The van der Waals surface area contributed by atoms with Gasteiger partial charge < -0.3 is 20.5 Å². The van der Waals surface area contributed by atoms with Crippen LogP contribution in [-0.2, 0) is 4.74 Å². The van der Waals surface area contributed by atoms with Crippen LogP contribution < -0.4 is 10.6 Å². The maximum absolute atomic E-state index is 11.5. The second-order valence-corrected chi connectivity index (χ2v) is 4.92. The summed E-state index contributed by atoms with van der Waals surface area (Å²) in [4.78, 5) is 11.5. The molecule has 0 spiro atoms. The van der Waals surface area contributed by atoms with Gasteiger partial charge in [0, 0.05) is 19.7 Å². The highest BCUT2D eigenvalue weighted by atomic mass is 16.5. The highest BCUT2D eigenvalue weighted by molar-refractivity contribution is 5.74. The van der Waals surface area contributed by atoms with Gasteiger partial charge in [-0.3, -0.25) is 0 Å². The number of urea groups is 1. The van der Waals surface area contributed by atoms with Gasteiger partial charge in [-0.2, -0.15) is 0 Å². The maximum atomic E-state index is 11.5. The number of rotatable bonds is 5. The molecule has 100 valence electrons. The zero-order valence-electron chi connectivity index (χ0n) is 10.7. The van der Waals surface area contributed by atoms with E-state index in [0.29, 0.717) is 0 Å². The zero-order valence-corrected chi connectivity index (χ0v) is 10.7. The van der Waals surface area contributed by atoms with E-state index in [0.717, 1.165) is 18.8 Å². The van der Waals surface area contributed by atoms with E-state index in [1.54, 1.807) is 0 Å². The van der Waals surface area contributed by atoms with Gasteiger partial charge >= 0.3 is 6.03 Å². The lowest BCUT2D eigenvalue weighted by atomic mass is 9.87. The van der Waals surface area contributed by atoms with Crippen LogP contribution in [0.3, 0.4) is 0 Å². The van der Waals surface area contributed by atoms with Crippen molar-refractivity contribution in [1.82, 2.24) is 10.6 Å². The molecule has 0 radical (unpaired) electrons. The number of hydrogen-bond acceptors (Lipinski definition) is 3. The van der Waals surface area contributed by atoms with Gasteiger partial charge in [-0.1, -0.05) is 6.92 Å². The number of nitrogens with one attached hydrogen (secondary N) is 2. The van der Waals surface area contributed by atoms with Crippen molar-refractivity contribution in [1.29, 1.82) is 0 Å². The third kappa shape index (κ3) is 5.89. The van der Waals surface area contributed by atoms with E-state index >= 15 is 0 Å². The maximum Gasteiger partial charge on any atom is 0.315 e. The second kappa shape index (κ2) is 7.50. The first-order valence-electron chi connectivity index (χ1n) is 6.33. The zero-order chi connectivity index (χ0) is 12.7. The van der Waals surface area contributed by atoms with E-state index in [4.69, 9.17) is 4.74 Å². The van der Waals surface area contributed by atoms with E-state index in [1.807, 2.05) is 0 Å². The Balaban J connectivity index is 2.12. The smallest absolute Gasteiger partial charge is 0.315 e. The Morgan fingerprint density at radius 1 is 1.41 bits per heavy atom. The van der Waals surface area contributed by atoms with Crippen LogP contribution >= 0.6 is 0 Å². The molecule has 1 aliphatic carbocycles. The summed E-state index contributed by atoms with van der Waals surface area (Å²) >= 11 is 0. The first-order valence-corrected chi connectivity index (χ1v) is 6.33. The quantitative estimate of drug-likeness (QED) is 0.672. The Bertz CT molecular complexity index is 228. The molecule has 1 atom stereocenters. The van der Waals surface area contributed by atoms with Crippen LogP contribution in [0.4, 0.5) is 4.79 Å². The molecule has 0 saturated heterocycles. The lowest BCUT2D eigenvalue weighted by molar-refractivity contribution is 0.0658. The number of hydrogen-bond donors (Lipinski definition) is 3. The highest BCUT2D eigenvalue weighted by Gasteiger charge is 2.19. The summed E-state index contributed by atoms with van der Waals surface area (Å²) in [5.41, 5.74) is 0.